The molecule has 1 atom stereocenters. The highest BCUT2D eigenvalue weighted by Crippen LogP contribution is 2.31. The molecule has 2 aromatic carbocycles. The van der Waals surface area contributed by atoms with Crippen molar-refractivity contribution < 1.29 is 14.3 Å². The number of aryl methyl sites for hydroxylation is 1. The van der Waals surface area contributed by atoms with Gasteiger partial charge < -0.3 is 14.8 Å². The monoisotopic (exact) mass is 391 g/mol. The summed E-state index contributed by atoms with van der Waals surface area (Å²) in [5.74, 6) is 1.70. The van der Waals surface area contributed by atoms with Gasteiger partial charge in [0.05, 0.1) is 10.9 Å². The number of carbonyl (C=O) groups excluding carboxylic acids is 1. The number of rotatable bonds is 2. The predicted molar refractivity (Wildman–Crippen MR) is 109 cm³/mol. The summed E-state index contributed by atoms with van der Waals surface area (Å²) in [4.78, 5) is 30.3. The van der Waals surface area contributed by atoms with Crippen LogP contribution in [-0.2, 0) is 17.8 Å². The van der Waals surface area contributed by atoms with Gasteiger partial charge in [-0.2, -0.15) is 0 Å². The van der Waals surface area contributed by atoms with E-state index in [1.54, 1.807) is 34.9 Å². The quantitative estimate of drug-likeness (QED) is 0.726. The summed E-state index contributed by atoms with van der Waals surface area (Å²) in [6.45, 7) is 0.828. The molecule has 1 aromatic heterocycles. The minimum Gasteiger partial charge on any atom is -0.485 e. The number of carbonyl (C=O) groups is 1. The lowest BCUT2D eigenvalue weighted by atomic mass is 10.2. The van der Waals surface area contributed by atoms with Gasteiger partial charge in [-0.15, -0.1) is 0 Å². The van der Waals surface area contributed by atoms with Crippen LogP contribution in [0.3, 0.4) is 0 Å². The van der Waals surface area contributed by atoms with Gasteiger partial charge in [0.15, 0.2) is 11.5 Å². The van der Waals surface area contributed by atoms with E-state index >= 15 is 0 Å². The van der Waals surface area contributed by atoms with Crippen molar-refractivity contribution in [3.8, 4) is 11.5 Å². The summed E-state index contributed by atoms with van der Waals surface area (Å²) >= 11 is 0. The number of hydrogen-bond acceptors (Lipinski definition) is 5. The van der Waals surface area contributed by atoms with Crippen LogP contribution in [0.2, 0.25) is 0 Å². The molecule has 0 fully saturated rings. The molecular weight excluding hydrogens is 370 g/mol. The van der Waals surface area contributed by atoms with Gasteiger partial charge in [-0.25, -0.2) is 4.98 Å². The smallest absolute Gasteiger partial charge is 0.269 e. The third kappa shape index (κ3) is 3.33. The highest BCUT2D eigenvalue weighted by molar-refractivity contribution is 5.96. The predicted octanol–water partition coefficient (Wildman–Crippen LogP) is 2.90. The Hall–Kier alpha value is -3.35. The van der Waals surface area contributed by atoms with Crippen LogP contribution >= 0.6 is 0 Å². The number of anilines is 1. The number of amides is 1. The Morgan fingerprint density at radius 3 is 2.86 bits per heavy atom. The fourth-order valence-corrected chi connectivity index (χ4v) is 3.87. The van der Waals surface area contributed by atoms with E-state index in [2.05, 4.69) is 10.3 Å². The standard InChI is InChI=1S/C22H21N3O4/c26-21(19-13-28-17-6-3-4-7-18(17)29-19)23-14-9-10-16-15(12-14)22(27)25-11-5-1-2-8-20(25)24-16/h3-4,6-7,9-10,12,19H,1-2,5,8,11,13H2,(H,23,26)/t19-/m0/s1. The van der Waals surface area contributed by atoms with Crippen molar-refractivity contribution in [3.05, 3.63) is 58.6 Å². The second-order valence-corrected chi connectivity index (χ2v) is 7.38. The van der Waals surface area contributed by atoms with Crippen LogP contribution in [0.4, 0.5) is 5.69 Å². The van der Waals surface area contributed by atoms with Crippen molar-refractivity contribution in [3.63, 3.8) is 0 Å². The number of nitrogens with zero attached hydrogens (tertiary/aromatic N) is 2. The van der Waals surface area contributed by atoms with Crippen LogP contribution < -0.4 is 20.3 Å². The number of hydrogen-bond donors (Lipinski definition) is 1. The van der Waals surface area contributed by atoms with Crippen molar-refractivity contribution >= 4 is 22.5 Å². The number of nitrogens with one attached hydrogen (secondary N) is 1. The molecule has 0 aliphatic carbocycles. The topological polar surface area (TPSA) is 82.5 Å². The van der Waals surface area contributed by atoms with E-state index in [0.717, 1.165) is 31.5 Å². The largest absolute Gasteiger partial charge is 0.485 e. The first-order valence-electron chi connectivity index (χ1n) is 9.92. The van der Waals surface area contributed by atoms with E-state index in [1.165, 1.54) is 0 Å². The Morgan fingerprint density at radius 1 is 1.10 bits per heavy atom. The highest BCUT2D eigenvalue weighted by Gasteiger charge is 2.27. The van der Waals surface area contributed by atoms with Crippen LogP contribution in [0.25, 0.3) is 10.9 Å². The molecule has 3 aromatic rings. The summed E-state index contributed by atoms with van der Waals surface area (Å²) in [6.07, 6.45) is 3.21. The van der Waals surface area contributed by atoms with Crippen LogP contribution in [-0.4, -0.2) is 28.2 Å². The molecule has 3 heterocycles. The Morgan fingerprint density at radius 2 is 1.97 bits per heavy atom. The summed E-state index contributed by atoms with van der Waals surface area (Å²) in [6, 6.07) is 12.5. The first-order valence-corrected chi connectivity index (χ1v) is 9.92. The third-order valence-electron chi connectivity index (χ3n) is 5.38. The molecule has 0 bridgehead atoms. The Kier molecular flexibility index (Phi) is 4.42. The van der Waals surface area contributed by atoms with E-state index in [9.17, 15) is 9.59 Å². The maximum absolute atomic E-state index is 13.0. The van der Waals surface area contributed by atoms with Gasteiger partial charge >= 0.3 is 0 Å². The minimum atomic E-state index is -0.758. The van der Waals surface area contributed by atoms with E-state index in [1.807, 2.05) is 12.1 Å². The fourth-order valence-electron chi connectivity index (χ4n) is 3.87. The van der Waals surface area contributed by atoms with Crippen LogP contribution in [0.1, 0.15) is 25.1 Å². The van der Waals surface area contributed by atoms with Crippen LogP contribution in [0, 0.1) is 0 Å². The molecular formula is C22H21N3O4. The summed E-state index contributed by atoms with van der Waals surface area (Å²) < 4.78 is 13.1. The second-order valence-electron chi connectivity index (χ2n) is 7.38. The van der Waals surface area contributed by atoms with Gasteiger partial charge in [-0.05, 0) is 43.2 Å². The van der Waals surface area contributed by atoms with Crippen molar-refractivity contribution in [1.82, 2.24) is 9.55 Å². The third-order valence-corrected chi connectivity index (χ3v) is 5.38. The average molecular weight is 391 g/mol. The van der Waals surface area contributed by atoms with Gasteiger partial charge in [0.1, 0.15) is 12.4 Å². The van der Waals surface area contributed by atoms with Gasteiger partial charge in [0.2, 0.25) is 6.10 Å². The molecule has 0 saturated heterocycles. The van der Waals surface area contributed by atoms with Crippen molar-refractivity contribution in [2.45, 2.75) is 38.3 Å². The fraction of sp³-hybridized carbons (Fsp3) is 0.318. The molecule has 0 spiro atoms. The maximum Gasteiger partial charge on any atom is 0.269 e. The lowest BCUT2D eigenvalue weighted by Gasteiger charge is -2.25. The number of aromatic nitrogens is 2. The van der Waals surface area contributed by atoms with Gasteiger partial charge in [-0.3, -0.25) is 14.2 Å². The molecule has 5 rings (SSSR count). The van der Waals surface area contributed by atoms with Crippen LogP contribution in [0.15, 0.2) is 47.3 Å². The van der Waals surface area contributed by atoms with E-state index in [4.69, 9.17) is 9.47 Å². The Labute approximate surface area is 167 Å². The second kappa shape index (κ2) is 7.24. The molecule has 2 aliphatic rings. The Bertz CT molecular complexity index is 1150. The van der Waals surface area contributed by atoms with Gasteiger partial charge in [0, 0.05) is 18.7 Å². The van der Waals surface area contributed by atoms with Crippen molar-refractivity contribution in [2.24, 2.45) is 0 Å². The zero-order valence-electron chi connectivity index (χ0n) is 15.9. The molecule has 29 heavy (non-hydrogen) atoms. The maximum atomic E-state index is 13.0. The number of ether oxygens (including phenoxy) is 2. The number of fused-ring (bicyclic) bond motifs is 3. The molecule has 2 aliphatic heterocycles. The molecule has 1 N–H and O–H groups in total. The summed E-state index contributed by atoms with van der Waals surface area (Å²) in [7, 11) is 0. The van der Waals surface area contributed by atoms with Gasteiger partial charge in [-0.1, -0.05) is 18.6 Å². The summed E-state index contributed by atoms with van der Waals surface area (Å²) in [5.41, 5.74) is 1.15. The highest BCUT2D eigenvalue weighted by atomic mass is 16.6. The molecule has 0 radical (unpaired) electrons. The van der Waals surface area contributed by atoms with Gasteiger partial charge in [0.25, 0.3) is 11.5 Å². The Balaban J connectivity index is 1.40. The van der Waals surface area contributed by atoms with Crippen LogP contribution in [0.5, 0.6) is 11.5 Å². The number of benzene rings is 2. The molecule has 0 saturated carbocycles. The van der Waals surface area contributed by atoms with Crippen molar-refractivity contribution in [2.75, 3.05) is 11.9 Å². The SMILES string of the molecule is O=C(Nc1ccc2nc3n(c(=O)c2c1)CCCCC3)[C@@H]1COc2ccccc2O1. The number of para-hydroxylation sites is 2. The molecule has 148 valence electrons. The normalized spacial score (nSPS) is 18.0. The molecule has 7 nitrogen and oxygen atoms in total. The molecule has 0 unspecified atom stereocenters. The lowest BCUT2D eigenvalue weighted by Crippen LogP contribution is -2.40. The van der Waals surface area contributed by atoms with E-state index in [-0.39, 0.29) is 18.1 Å². The first-order chi connectivity index (χ1) is 14.2. The van der Waals surface area contributed by atoms with Crippen molar-refractivity contribution in [1.29, 1.82) is 0 Å². The zero-order valence-corrected chi connectivity index (χ0v) is 15.9. The summed E-state index contributed by atoms with van der Waals surface area (Å²) in [5, 5.41) is 3.35. The zero-order chi connectivity index (χ0) is 19.8. The lowest BCUT2D eigenvalue weighted by molar-refractivity contribution is -0.125. The molecule has 7 heteroatoms. The first kappa shape index (κ1) is 17.7. The van der Waals surface area contributed by atoms with E-state index in [0.29, 0.717) is 34.6 Å². The van der Waals surface area contributed by atoms with E-state index < -0.39 is 6.10 Å². The molecule has 1 amide bonds. The minimum absolute atomic E-state index is 0.0471. The average Bonchev–Trinajstić information content (AvgIpc) is 2.99.